The smallest absolute Gasteiger partial charge is 0.295 e. The van der Waals surface area contributed by atoms with E-state index in [0.717, 1.165) is 35.0 Å². The Balaban J connectivity index is 1.74. The van der Waals surface area contributed by atoms with Gasteiger partial charge in [0.25, 0.3) is 11.7 Å². The predicted octanol–water partition coefficient (Wildman–Crippen LogP) is 3.58. The molecule has 0 aliphatic carbocycles. The molecule has 1 aliphatic rings. The quantitative estimate of drug-likeness (QED) is 0.506. The van der Waals surface area contributed by atoms with Crippen molar-refractivity contribution in [2.24, 2.45) is 7.05 Å². The van der Waals surface area contributed by atoms with Gasteiger partial charge < -0.3 is 14.4 Å². The SMILES string of the molecule is CN(C)C1CCN(C(=O)C(=O)c2c(-c3ccccc3)n(C)c3ccccc23)CC1. The number of fused-ring (bicyclic) bond motifs is 1. The number of carbonyl (C=O) groups is 2. The molecule has 0 spiro atoms. The van der Waals surface area contributed by atoms with Crippen LogP contribution in [0.2, 0.25) is 0 Å². The summed E-state index contributed by atoms with van der Waals surface area (Å²) in [6.45, 7) is 1.25. The van der Waals surface area contributed by atoms with Crippen LogP contribution in [0.1, 0.15) is 23.2 Å². The Morgan fingerprint density at radius 2 is 1.55 bits per heavy atom. The molecule has 0 saturated carbocycles. The van der Waals surface area contributed by atoms with Crippen LogP contribution in [-0.4, -0.2) is 59.3 Å². The Kier molecular flexibility index (Phi) is 5.24. The molecular formula is C24H27N3O2. The van der Waals surface area contributed by atoms with E-state index in [-0.39, 0.29) is 0 Å². The van der Waals surface area contributed by atoms with Gasteiger partial charge in [-0.15, -0.1) is 0 Å². The first-order valence-corrected chi connectivity index (χ1v) is 10.1. The van der Waals surface area contributed by atoms with E-state index in [0.29, 0.717) is 24.7 Å². The van der Waals surface area contributed by atoms with E-state index in [4.69, 9.17) is 0 Å². The Hall–Kier alpha value is -2.92. The maximum atomic E-state index is 13.5. The summed E-state index contributed by atoms with van der Waals surface area (Å²) < 4.78 is 2.02. The second-order valence-electron chi connectivity index (χ2n) is 7.98. The summed E-state index contributed by atoms with van der Waals surface area (Å²) in [5.41, 5.74) is 3.20. The number of likely N-dealkylation sites (tertiary alicyclic amines) is 1. The summed E-state index contributed by atoms with van der Waals surface area (Å²) >= 11 is 0. The number of nitrogens with zero attached hydrogens (tertiary/aromatic N) is 3. The van der Waals surface area contributed by atoms with Gasteiger partial charge in [0.1, 0.15) is 0 Å². The third-order valence-corrected chi connectivity index (χ3v) is 6.06. The van der Waals surface area contributed by atoms with Crippen LogP contribution in [0.3, 0.4) is 0 Å². The summed E-state index contributed by atoms with van der Waals surface area (Å²) in [7, 11) is 6.08. The normalized spacial score (nSPS) is 15.2. The van der Waals surface area contributed by atoms with Crippen molar-refractivity contribution in [1.29, 1.82) is 0 Å². The number of rotatable bonds is 4. The van der Waals surface area contributed by atoms with Crippen molar-refractivity contribution in [3.63, 3.8) is 0 Å². The first kappa shape index (κ1) is 19.4. The van der Waals surface area contributed by atoms with Gasteiger partial charge in [0, 0.05) is 37.1 Å². The molecule has 5 nitrogen and oxygen atoms in total. The van der Waals surface area contributed by atoms with Crippen molar-refractivity contribution in [2.75, 3.05) is 27.2 Å². The zero-order chi connectivity index (χ0) is 20.5. The first-order chi connectivity index (χ1) is 14.0. The number of carbonyl (C=O) groups excluding carboxylic acids is 2. The zero-order valence-electron chi connectivity index (χ0n) is 17.3. The number of ketones is 1. The third-order valence-electron chi connectivity index (χ3n) is 6.06. The molecule has 2 heterocycles. The molecule has 0 bridgehead atoms. The Morgan fingerprint density at radius 3 is 2.21 bits per heavy atom. The molecule has 2 aromatic carbocycles. The third kappa shape index (κ3) is 3.47. The molecular weight excluding hydrogens is 362 g/mol. The molecule has 1 saturated heterocycles. The molecule has 3 aromatic rings. The fourth-order valence-electron chi connectivity index (χ4n) is 4.39. The van der Waals surface area contributed by atoms with Crippen molar-refractivity contribution in [3.8, 4) is 11.3 Å². The van der Waals surface area contributed by atoms with Crippen LogP contribution in [0.25, 0.3) is 22.2 Å². The summed E-state index contributed by atoms with van der Waals surface area (Å²) in [5.74, 6) is -0.806. The van der Waals surface area contributed by atoms with Crippen LogP contribution in [0.5, 0.6) is 0 Å². The lowest BCUT2D eigenvalue weighted by atomic mass is 9.99. The van der Waals surface area contributed by atoms with Crippen molar-refractivity contribution >= 4 is 22.6 Å². The van der Waals surface area contributed by atoms with Crippen LogP contribution in [0.15, 0.2) is 54.6 Å². The fraction of sp³-hybridized carbons (Fsp3) is 0.333. The van der Waals surface area contributed by atoms with Gasteiger partial charge in [-0.3, -0.25) is 9.59 Å². The van der Waals surface area contributed by atoms with Crippen molar-refractivity contribution in [2.45, 2.75) is 18.9 Å². The van der Waals surface area contributed by atoms with Crippen LogP contribution in [-0.2, 0) is 11.8 Å². The second-order valence-corrected chi connectivity index (χ2v) is 7.98. The Labute approximate surface area is 171 Å². The summed E-state index contributed by atoms with van der Waals surface area (Å²) in [6.07, 6.45) is 1.79. The zero-order valence-corrected chi connectivity index (χ0v) is 17.3. The molecule has 0 radical (unpaired) electrons. The number of para-hydroxylation sites is 1. The van der Waals surface area contributed by atoms with Crippen LogP contribution in [0.4, 0.5) is 0 Å². The highest BCUT2D eigenvalue weighted by Crippen LogP contribution is 2.33. The molecule has 1 aliphatic heterocycles. The lowest BCUT2D eigenvalue weighted by Crippen LogP contribution is -2.46. The van der Waals surface area contributed by atoms with E-state index >= 15 is 0 Å². The number of piperidine rings is 1. The fourth-order valence-corrected chi connectivity index (χ4v) is 4.39. The number of amides is 1. The lowest BCUT2D eigenvalue weighted by Gasteiger charge is -2.34. The number of Topliss-reactive ketones (excluding diaryl/α,β-unsaturated/α-hetero) is 1. The van der Waals surface area contributed by atoms with Gasteiger partial charge in [-0.2, -0.15) is 0 Å². The maximum Gasteiger partial charge on any atom is 0.295 e. The van der Waals surface area contributed by atoms with Gasteiger partial charge in [-0.1, -0.05) is 48.5 Å². The minimum absolute atomic E-state index is 0.393. The minimum Gasteiger partial charge on any atom is -0.343 e. The van der Waals surface area contributed by atoms with E-state index in [1.165, 1.54) is 0 Å². The van der Waals surface area contributed by atoms with Gasteiger partial charge in [-0.05, 0) is 38.6 Å². The van der Waals surface area contributed by atoms with Gasteiger partial charge in [0.05, 0.1) is 11.3 Å². The highest BCUT2D eigenvalue weighted by molar-refractivity contribution is 6.46. The molecule has 150 valence electrons. The average Bonchev–Trinajstić information content (AvgIpc) is 3.06. The van der Waals surface area contributed by atoms with Crippen LogP contribution in [0, 0.1) is 0 Å². The van der Waals surface area contributed by atoms with E-state index in [2.05, 4.69) is 19.0 Å². The lowest BCUT2D eigenvalue weighted by molar-refractivity contribution is -0.127. The van der Waals surface area contributed by atoms with Gasteiger partial charge >= 0.3 is 0 Å². The Bertz CT molecular complexity index is 1040. The molecule has 0 unspecified atom stereocenters. The van der Waals surface area contributed by atoms with Crippen molar-refractivity contribution in [3.05, 3.63) is 60.2 Å². The molecule has 1 aromatic heterocycles. The molecule has 1 fully saturated rings. The monoisotopic (exact) mass is 389 g/mol. The Morgan fingerprint density at radius 1 is 0.931 bits per heavy atom. The summed E-state index contributed by atoms with van der Waals surface area (Å²) in [6, 6.07) is 18.1. The largest absolute Gasteiger partial charge is 0.343 e. The number of benzene rings is 2. The summed E-state index contributed by atoms with van der Waals surface area (Å²) in [4.78, 5) is 30.5. The first-order valence-electron chi connectivity index (χ1n) is 10.1. The average molecular weight is 389 g/mol. The number of hydrogen-bond acceptors (Lipinski definition) is 3. The molecule has 5 heteroatoms. The number of hydrogen-bond donors (Lipinski definition) is 0. The van der Waals surface area contributed by atoms with Crippen molar-refractivity contribution in [1.82, 2.24) is 14.4 Å². The number of aromatic nitrogens is 1. The summed E-state index contributed by atoms with van der Waals surface area (Å²) in [5, 5.41) is 0.829. The molecule has 0 N–H and O–H groups in total. The van der Waals surface area contributed by atoms with E-state index in [1.807, 2.05) is 66.2 Å². The topological polar surface area (TPSA) is 45.6 Å². The van der Waals surface area contributed by atoms with E-state index in [1.54, 1.807) is 4.90 Å². The highest BCUT2D eigenvalue weighted by atomic mass is 16.2. The van der Waals surface area contributed by atoms with Gasteiger partial charge in [0.15, 0.2) is 0 Å². The second kappa shape index (κ2) is 7.84. The highest BCUT2D eigenvalue weighted by Gasteiger charge is 2.32. The number of aryl methyl sites for hydroxylation is 1. The van der Waals surface area contributed by atoms with Gasteiger partial charge in [-0.25, -0.2) is 0 Å². The minimum atomic E-state index is -0.413. The van der Waals surface area contributed by atoms with E-state index in [9.17, 15) is 9.59 Å². The molecule has 29 heavy (non-hydrogen) atoms. The molecule has 0 atom stereocenters. The maximum absolute atomic E-state index is 13.5. The van der Waals surface area contributed by atoms with Crippen molar-refractivity contribution < 1.29 is 9.59 Å². The van der Waals surface area contributed by atoms with Gasteiger partial charge in [0.2, 0.25) is 0 Å². The van der Waals surface area contributed by atoms with E-state index < -0.39 is 11.7 Å². The van der Waals surface area contributed by atoms with Crippen LogP contribution < -0.4 is 0 Å². The van der Waals surface area contributed by atoms with Crippen LogP contribution >= 0.6 is 0 Å². The molecule has 4 rings (SSSR count). The standard InChI is InChI=1S/C24H27N3O2/c1-25(2)18-13-15-27(16-14-18)24(29)23(28)21-19-11-7-8-12-20(19)26(3)22(21)17-9-5-4-6-10-17/h4-12,18H,13-16H2,1-3H3. The molecule has 1 amide bonds. The predicted molar refractivity (Wildman–Crippen MR) is 116 cm³/mol.